The molecule has 0 amide bonds. The molecule has 2 aliphatic rings. The third kappa shape index (κ3) is 8.09. The molecule has 8 heteroatoms. The highest BCUT2D eigenvalue weighted by atomic mass is 127. The number of aliphatic imine (C=N–C) groups is 1. The van der Waals surface area contributed by atoms with E-state index in [0.717, 1.165) is 57.6 Å². The van der Waals surface area contributed by atoms with Gasteiger partial charge < -0.3 is 20.4 Å². The number of piperazine rings is 1. The van der Waals surface area contributed by atoms with Gasteiger partial charge in [-0.2, -0.15) is 0 Å². The van der Waals surface area contributed by atoms with Gasteiger partial charge in [-0.1, -0.05) is 24.3 Å². The average molecular weight is 578 g/mol. The summed E-state index contributed by atoms with van der Waals surface area (Å²) in [5.41, 5.74) is 3.85. The number of pyridine rings is 1. The number of hydrogen-bond donors (Lipinski definition) is 2. The molecule has 0 spiro atoms. The lowest BCUT2D eigenvalue weighted by molar-refractivity contribution is 0.312. The molecule has 2 saturated heterocycles. The predicted octanol–water partition coefficient (Wildman–Crippen LogP) is 3.30. The van der Waals surface area contributed by atoms with Crippen molar-refractivity contribution in [3.8, 4) is 0 Å². The predicted molar refractivity (Wildman–Crippen MR) is 152 cm³/mol. The van der Waals surface area contributed by atoms with Crippen LogP contribution >= 0.6 is 24.0 Å². The second-order valence-corrected chi connectivity index (χ2v) is 9.16. The van der Waals surface area contributed by atoms with E-state index in [9.17, 15) is 0 Å². The normalized spacial score (nSPS) is 17.5. The van der Waals surface area contributed by atoms with E-state index in [0.29, 0.717) is 6.54 Å². The quantitative estimate of drug-likeness (QED) is 0.286. The van der Waals surface area contributed by atoms with E-state index in [4.69, 9.17) is 4.99 Å². The Labute approximate surface area is 222 Å². The van der Waals surface area contributed by atoms with Crippen molar-refractivity contribution in [2.75, 3.05) is 57.8 Å². The standard InChI is InChI=1S/C26H39N7.HI/c1-3-27-26(29-19-22-6-8-23(9-7-22)21-32-12-4-5-13-32)30-20-24-10-11-28-25(18-24)33-16-14-31(2)15-17-33;/h6-11,18H,3-5,12-17,19-21H2,1-2H3,(H2,27,29,30);1H. The average Bonchev–Trinajstić information content (AvgIpc) is 3.35. The number of aromatic nitrogens is 1. The maximum Gasteiger partial charge on any atom is 0.191 e. The van der Waals surface area contributed by atoms with Gasteiger partial charge in [0.05, 0.1) is 6.54 Å². The first kappa shape index (κ1) is 26.7. The van der Waals surface area contributed by atoms with Gasteiger partial charge >= 0.3 is 0 Å². The summed E-state index contributed by atoms with van der Waals surface area (Å²) in [6.45, 7) is 12.1. The number of likely N-dealkylation sites (N-methyl/N-ethyl adjacent to an activating group) is 1. The molecule has 4 rings (SSSR count). The Morgan fingerprint density at radius 1 is 0.912 bits per heavy atom. The first-order valence-corrected chi connectivity index (χ1v) is 12.4. The van der Waals surface area contributed by atoms with Gasteiger partial charge in [0, 0.05) is 52.0 Å². The Bertz CT molecular complexity index is 888. The van der Waals surface area contributed by atoms with E-state index < -0.39 is 0 Å². The number of hydrogen-bond acceptors (Lipinski definition) is 5. The topological polar surface area (TPSA) is 59.0 Å². The second kappa shape index (κ2) is 13.8. The van der Waals surface area contributed by atoms with E-state index in [1.165, 1.54) is 42.6 Å². The van der Waals surface area contributed by atoms with Gasteiger partial charge in [-0.25, -0.2) is 9.98 Å². The summed E-state index contributed by atoms with van der Waals surface area (Å²) in [5.74, 6) is 1.90. The minimum Gasteiger partial charge on any atom is -0.357 e. The Kier molecular flexibility index (Phi) is 10.9. The molecule has 2 aromatic rings. The van der Waals surface area contributed by atoms with Crippen molar-refractivity contribution in [1.82, 2.24) is 25.4 Å². The highest BCUT2D eigenvalue weighted by Gasteiger charge is 2.15. The van der Waals surface area contributed by atoms with Crippen molar-refractivity contribution in [3.63, 3.8) is 0 Å². The smallest absolute Gasteiger partial charge is 0.191 e. The summed E-state index contributed by atoms with van der Waals surface area (Å²) < 4.78 is 0. The monoisotopic (exact) mass is 577 g/mol. The van der Waals surface area contributed by atoms with Gasteiger partial charge in [-0.3, -0.25) is 4.90 Å². The third-order valence-corrected chi connectivity index (χ3v) is 6.49. The van der Waals surface area contributed by atoms with Crippen LogP contribution in [0, 0.1) is 0 Å². The molecule has 1 aromatic heterocycles. The molecule has 34 heavy (non-hydrogen) atoms. The number of likely N-dealkylation sites (tertiary alicyclic amines) is 1. The molecule has 186 valence electrons. The molecular weight excluding hydrogens is 537 g/mol. The summed E-state index contributed by atoms with van der Waals surface area (Å²) in [5, 5.41) is 6.85. The lowest BCUT2D eigenvalue weighted by Crippen LogP contribution is -2.44. The van der Waals surface area contributed by atoms with Gasteiger partial charge in [0.1, 0.15) is 5.82 Å². The molecule has 7 nitrogen and oxygen atoms in total. The fourth-order valence-electron chi connectivity index (χ4n) is 4.43. The molecule has 0 saturated carbocycles. The zero-order chi connectivity index (χ0) is 22.9. The second-order valence-electron chi connectivity index (χ2n) is 9.16. The van der Waals surface area contributed by atoms with E-state index >= 15 is 0 Å². The molecule has 0 atom stereocenters. The van der Waals surface area contributed by atoms with Crippen molar-refractivity contribution in [2.24, 2.45) is 4.99 Å². The van der Waals surface area contributed by atoms with Crippen molar-refractivity contribution < 1.29 is 0 Å². The Balaban J connectivity index is 0.00000324. The van der Waals surface area contributed by atoms with Crippen LogP contribution in [0.2, 0.25) is 0 Å². The van der Waals surface area contributed by atoms with E-state index in [-0.39, 0.29) is 24.0 Å². The molecule has 2 N–H and O–H groups in total. The summed E-state index contributed by atoms with van der Waals surface area (Å²) >= 11 is 0. The van der Waals surface area contributed by atoms with Crippen LogP contribution in [-0.4, -0.2) is 73.6 Å². The maximum absolute atomic E-state index is 4.82. The molecule has 1 aromatic carbocycles. The minimum atomic E-state index is 0. The van der Waals surface area contributed by atoms with Crippen LogP contribution in [-0.2, 0) is 19.6 Å². The van der Waals surface area contributed by atoms with E-state index in [2.05, 4.69) is 80.7 Å². The van der Waals surface area contributed by atoms with Crippen molar-refractivity contribution in [2.45, 2.75) is 39.4 Å². The van der Waals surface area contributed by atoms with Crippen LogP contribution in [0.1, 0.15) is 36.5 Å². The molecular formula is C26H40IN7. The zero-order valence-electron chi connectivity index (χ0n) is 20.7. The van der Waals surface area contributed by atoms with Gasteiger partial charge in [-0.05, 0) is 68.7 Å². The van der Waals surface area contributed by atoms with Crippen molar-refractivity contribution in [3.05, 3.63) is 59.3 Å². The maximum atomic E-state index is 4.82. The highest BCUT2D eigenvalue weighted by Crippen LogP contribution is 2.16. The number of halogens is 1. The number of nitrogens with zero attached hydrogens (tertiary/aromatic N) is 5. The van der Waals surface area contributed by atoms with Gasteiger partial charge in [0.2, 0.25) is 0 Å². The lowest BCUT2D eigenvalue weighted by atomic mass is 10.1. The number of rotatable bonds is 8. The molecule has 0 radical (unpaired) electrons. The molecule has 2 fully saturated rings. The van der Waals surface area contributed by atoms with E-state index in [1.54, 1.807) is 0 Å². The summed E-state index contributed by atoms with van der Waals surface area (Å²) in [4.78, 5) is 16.7. The van der Waals surface area contributed by atoms with Gasteiger partial charge in [0.15, 0.2) is 5.96 Å². The van der Waals surface area contributed by atoms with Crippen LogP contribution in [0.15, 0.2) is 47.6 Å². The van der Waals surface area contributed by atoms with Gasteiger partial charge in [-0.15, -0.1) is 24.0 Å². The zero-order valence-corrected chi connectivity index (χ0v) is 23.0. The fraction of sp³-hybridized carbons (Fsp3) is 0.538. The van der Waals surface area contributed by atoms with Crippen LogP contribution in [0.3, 0.4) is 0 Å². The molecule has 0 bridgehead atoms. The number of anilines is 1. The minimum absolute atomic E-state index is 0. The molecule has 3 heterocycles. The van der Waals surface area contributed by atoms with Crippen LogP contribution in [0.5, 0.6) is 0 Å². The van der Waals surface area contributed by atoms with Crippen LogP contribution in [0.25, 0.3) is 0 Å². The lowest BCUT2D eigenvalue weighted by Gasteiger charge is -2.33. The van der Waals surface area contributed by atoms with Crippen molar-refractivity contribution in [1.29, 1.82) is 0 Å². The highest BCUT2D eigenvalue weighted by molar-refractivity contribution is 14.0. The summed E-state index contributed by atoms with van der Waals surface area (Å²) in [7, 11) is 2.17. The number of guanidine groups is 1. The number of benzene rings is 1. The number of nitrogens with one attached hydrogen (secondary N) is 2. The molecule has 2 aliphatic heterocycles. The third-order valence-electron chi connectivity index (χ3n) is 6.49. The van der Waals surface area contributed by atoms with Crippen LogP contribution in [0.4, 0.5) is 5.82 Å². The van der Waals surface area contributed by atoms with Crippen molar-refractivity contribution >= 4 is 35.8 Å². The van der Waals surface area contributed by atoms with Gasteiger partial charge in [0.25, 0.3) is 0 Å². The largest absolute Gasteiger partial charge is 0.357 e. The Hall–Kier alpha value is -1.91. The summed E-state index contributed by atoms with van der Waals surface area (Å²) in [6, 6.07) is 13.2. The first-order valence-electron chi connectivity index (χ1n) is 12.4. The van der Waals surface area contributed by atoms with Crippen LogP contribution < -0.4 is 15.5 Å². The van der Waals surface area contributed by atoms with E-state index in [1.807, 2.05) is 6.20 Å². The Morgan fingerprint density at radius 2 is 1.62 bits per heavy atom. The summed E-state index contributed by atoms with van der Waals surface area (Å²) in [6.07, 6.45) is 4.58. The molecule has 0 unspecified atom stereocenters. The first-order chi connectivity index (χ1) is 16.2. The SMILES string of the molecule is CCNC(=NCc1ccnc(N2CCN(C)CC2)c1)NCc1ccc(CN2CCCC2)cc1.I. The Morgan fingerprint density at radius 3 is 2.32 bits per heavy atom. The fourth-order valence-corrected chi connectivity index (χ4v) is 4.43. The molecule has 0 aliphatic carbocycles.